The fourth-order valence-corrected chi connectivity index (χ4v) is 2.37. The highest BCUT2D eigenvalue weighted by atomic mass is 35.5. The average Bonchev–Trinajstić information content (AvgIpc) is 2.38. The van der Waals surface area contributed by atoms with Crippen LogP contribution in [0.2, 0.25) is 5.28 Å². The molecule has 0 aliphatic rings. The Morgan fingerprint density at radius 1 is 1.20 bits per heavy atom. The first-order valence-electron chi connectivity index (χ1n) is 5.53. The first kappa shape index (κ1) is 14.4. The molecule has 1 aromatic carbocycles. The molecule has 2 rings (SSSR count). The fourth-order valence-electron chi connectivity index (χ4n) is 1.46. The van der Waals surface area contributed by atoms with Crippen LogP contribution in [-0.2, 0) is 9.84 Å². The Morgan fingerprint density at radius 2 is 1.85 bits per heavy atom. The van der Waals surface area contributed by atoms with E-state index < -0.39 is 9.84 Å². The summed E-state index contributed by atoms with van der Waals surface area (Å²) < 4.78 is 23.1. The predicted molar refractivity (Wildman–Crippen MR) is 76.7 cm³/mol. The third-order valence-electron chi connectivity index (χ3n) is 2.38. The Bertz CT molecular complexity index is 724. The molecule has 0 unspecified atom stereocenters. The molecule has 0 amide bonds. The number of anilines is 2. The third-order valence-corrected chi connectivity index (χ3v) is 3.92. The molecule has 1 heterocycles. The number of hydrogen-bond donors (Lipinski definition) is 1. The summed E-state index contributed by atoms with van der Waals surface area (Å²) in [5, 5.41) is 3.91. The van der Waals surface area contributed by atoms with Crippen LogP contribution >= 0.6 is 11.6 Å². The van der Waals surface area contributed by atoms with Crippen molar-refractivity contribution in [3.05, 3.63) is 47.4 Å². The summed E-state index contributed by atoms with van der Waals surface area (Å²) in [7, 11) is -3.43. The van der Waals surface area contributed by atoms with Gasteiger partial charge in [0, 0.05) is 11.1 Å². The van der Waals surface area contributed by atoms with E-state index in [1.165, 1.54) is 12.1 Å². The van der Waals surface area contributed by atoms with Gasteiger partial charge >= 0.3 is 0 Å². The van der Waals surface area contributed by atoms with Crippen molar-refractivity contribution >= 4 is 33.1 Å². The minimum Gasteiger partial charge on any atom is -0.324 e. The van der Waals surface area contributed by atoms with Crippen molar-refractivity contribution in [3.8, 4) is 0 Å². The molecule has 104 valence electrons. The van der Waals surface area contributed by atoms with E-state index in [1.54, 1.807) is 19.1 Å². The zero-order valence-corrected chi connectivity index (χ0v) is 12.1. The number of aromatic nitrogens is 3. The number of halogens is 1. The second-order valence-corrected chi connectivity index (χ2v) is 6.07. The van der Waals surface area contributed by atoms with E-state index in [4.69, 9.17) is 11.6 Å². The monoisotopic (exact) mass is 310 g/mol. The lowest BCUT2D eigenvalue weighted by Gasteiger charge is -2.06. The predicted octanol–water partition coefficient (Wildman–Crippen LogP) is 2.49. The summed E-state index contributed by atoms with van der Waals surface area (Å²) in [5.41, 5.74) is 0.634. The molecule has 0 radical (unpaired) electrons. The summed E-state index contributed by atoms with van der Waals surface area (Å²) in [6.07, 6.45) is 0. The summed E-state index contributed by atoms with van der Waals surface area (Å²) in [4.78, 5) is 12.0. The van der Waals surface area contributed by atoms with Crippen LogP contribution in [0.15, 0.2) is 41.1 Å². The van der Waals surface area contributed by atoms with Crippen LogP contribution in [0.4, 0.5) is 11.6 Å². The van der Waals surface area contributed by atoms with Crippen molar-refractivity contribution in [2.24, 2.45) is 0 Å². The highest BCUT2D eigenvalue weighted by Gasteiger charge is 2.09. The van der Waals surface area contributed by atoms with Crippen molar-refractivity contribution in [1.82, 2.24) is 15.0 Å². The lowest BCUT2D eigenvalue weighted by molar-refractivity contribution is 0.605. The van der Waals surface area contributed by atoms with Gasteiger partial charge in [0.15, 0.2) is 9.84 Å². The zero-order chi connectivity index (χ0) is 14.8. The van der Waals surface area contributed by atoms with Gasteiger partial charge in [0.1, 0.15) is 5.82 Å². The molecular weight excluding hydrogens is 300 g/mol. The Kier molecular flexibility index (Phi) is 4.01. The molecule has 8 heteroatoms. The van der Waals surface area contributed by atoms with E-state index >= 15 is 0 Å². The molecule has 1 aromatic heterocycles. The summed E-state index contributed by atoms with van der Waals surface area (Å²) in [5.74, 6) is 0.778. The van der Waals surface area contributed by atoms with Gasteiger partial charge in [-0.15, -0.1) is 0 Å². The smallest absolute Gasteiger partial charge is 0.231 e. The standard InChI is InChI=1S/C12H11ClN4O2S/c1-3-20(18,19)10-6-4-9(5-7-10)16-12-15-8(2)14-11(13)17-12/h3-7H,1H2,2H3,(H,14,15,16,17). The van der Waals surface area contributed by atoms with Gasteiger partial charge in [0.25, 0.3) is 0 Å². The molecule has 0 bridgehead atoms. The van der Waals surface area contributed by atoms with Gasteiger partial charge in [-0.05, 0) is 42.8 Å². The molecule has 6 nitrogen and oxygen atoms in total. The minimum atomic E-state index is -3.43. The lowest BCUT2D eigenvalue weighted by atomic mass is 10.3. The van der Waals surface area contributed by atoms with Crippen molar-refractivity contribution in [3.63, 3.8) is 0 Å². The molecule has 0 aliphatic heterocycles. The number of aryl methyl sites for hydroxylation is 1. The van der Waals surface area contributed by atoms with Crippen LogP contribution in [0.5, 0.6) is 0 Å². The lowest BCUT2D eigenvalue weighted by Crippen LogP contribution is -2.01. The number of hydrogen-bond acceptors (Lipinski definition) is 6. The maximum atomic E-state index is 11.6. The maximum Gasteiger partial charge on any atom is 0.231 e. The van der Waals surface area contributed by atoms with Crippen LogP contribution in [-0.4, -0.2) is 23.4 Å². The zero-order valence-electron chi connectivity index (χ0n) is 10.5. The maximum absolute atomic E-state index is 11.6. The number of nitrogens with one attached hydrogen (secondary N) is 1. The van der Waals surface area contributed by atoms with Crippen molar-refractivity contribution in [2.45, 2.75) is 11.8 Å². The molecule has 0 saturated heterocycles. The summed E-state index contributed by atoms with van der Waals surface area (Å²) in [6.45, 7) is 4.97. The van der Waals surface area contributed by atoms with Gasteiger partial charge < -0.3 is 5.32 Å². The van der Waals surface area contributed by atoms with Gasteiger partial charge in [0.2, 0.25) is 11.2 Å². The molecule has 20 heavy (non-hydrogen) atoms. The number of rotatable bonds is 4. The Labute approximate surface area is 121 Å². The SMILES string of the molecule is C=CS(=O)(=O)c1ccc(Nc2nc(C)nc(Cl)n2)cc1. The Balaban J connectivity index is 2.25. The second kappa shape index (κ2) is 5.56. The molecule has 0 atom stereocenters. The molecule has 1 N–H and O–H groups in total. The van der Waals surface area contributed by atoms with E-state index in [0.29, 0.717) is 17.5 Å². The Hall–Kier alpha value is -1.99. The highest BCUT2D eigenvalue weighted by Crippen LogP contribution is 2.18. The first-order chi connectivity index (χ1) is 9.40. The fraction of sp³-hybridized carbons (Fsp3) is 0.0833. The third kappa shape index (κ3) is 3.31. The molecule has 0 fully saturated rings. The number of nitrogens with zero attached hydrogens (tertiary/aromatic N) is 3. The van der Waals surface area contributed by atoms with Crippen LogP contribution < -0.4 is 5.32 Å². The topological polar surface area (TPSA) is 84.8 Å². The summed E-state index contributed by atoms with van der Waals surface area (Å²) in [6, 6.07) is 6.14. The van der Waals surface area contributed by atoms with Crippen LogP contribution in [0, 0.1) is 6.92 Å². The minimum absolute atomic E-state index is 0.0888. The van der Waals surface area contributed by atoms with Gasteiger partial charge in [-0.2, -0.15) is 9.97 Å². The first-order valence-corrected chi connectivity index (χ1v) is 7.46. The molecule has 0 saturated carbocycles. The quantitative estimate of drug-likeness (QED) is 0.934. The van der Waals surface area contributed by atoms with Crippen molar-refractivity contribution < 1.29 is 8.42 Å². The van der Waals surface area contributed by atoms with Crippen molar-refractivity contribution in [1.29, 1.82) is 0 Å². The van der Waals surface area contributed by atoms with Gasteiger partial charge in [-0.1, -0.05) is 6.58 Å². The van der Waals surface area contributed by atoms with E-state index in [1.807, 2.05) is 0 Å². The molecule has 0 spiro atoms. The van der Waals surface area contributed by atoms with Gasteiger partial charge in [-0.3, -0.25) is 0 Å². The van der Waals surface area contributed by atoms with Gasteiger partial charge in [-0.25, -0.2) is 13.4 Å². The van der Waals surface area contributed by atoms with E-state index in [-0.39, 0.29) is 10.2 Å². The number of benzene rings is 1. The van der Waals surface area contributed by atoms with E-state index in [2.05, 4.69) is 26.8 Å². The highest BCUT2D eigenvalue weighted by molar-refractivity contribution is 7.94. The second-order valence-electron chi connectivity index (χ2n) is 3.84. The average molecular weight is 311 g/mol. The van der Waals surface area contributed by atoms with Gasteiger partial charge in [0.05, 0.1) is 4.90 Å². The Morgan fingerprint density at radius 3 is 2.40 bits per heavy atom. The largest absolute Gasteiger partial charge is 0.324 e. The number of sulfone groups is 1. The molecule has 2 aromatic rings. The van der Waals surface area contributed by atoms with Crippen LogP contribution in [0.25, 0.3) is 0 Å². The van der Waals surface area contributed by atoms with E-state index in [0.717, 1.165) is 5.41 Å². The van der Waals surface area contributed by atoms with Crippen molar-refractivity contribution in [2.75, 3.05) is 5.32 Å². The molecule has 0 aliphatic carbocycles. The molecular formula is C12H11ClN4O2S. The van der Waals surface area contributed by atoms with E-state index in [9.17, 15) is 8.42 Å². The van der Waals surface area contributed by atoms with Crippen LogP contribution in [0.3, 0.4) is 0 Å². The summed E-state index contributed by atoms with van der Waals surface area (Å²) >= 11 is 5.73. The van der Waals surface area contributed by atoms with Crippen LogP contribution in [0.1, 0.15) is 5.82 Å². The normalized spacial score (nSPS) is 11.1.